The molecule has 0 heterocycles. The summed E-state index contributed by atoms with van der Waals surface area (Å²) in [5.74, 6) is -0.279. The van der Waals surface area contributed by atoms with E-state index >= 15 is 0 Å². The number of halogens is 3. The summed E-state index contributed by atoms with van der Waals surface area (Å²) in [4.78, 5) is 0. The van der Waals surface area contributed by atoms with Crippen molar-refractivity contribution in [2.24, 2.45) is 11.3 Å². The van der Waals surface area contributed by atoms with Crippen molar-refractivity contribution in [3.05, 3.63) is 33.8 Å². The number of hydrogen-bond donors (Lipinski definition) is 1. The second-order valence-corrected chi connectivity index (χ2v) is 7.58. The van der Waals surface area contributed by atoms with Crippen LogP contribution >= 0.6 is 15.9 Å². The van der Waals surface area contributed by atoms with Gasteiger partial charge in [0.05, 0.1) is 4.47 Å². The van der Waals surface area contributed by atoms with E-state index in [0.717, 1.165) is 38.8 Å². The van der Waals surface area contributed by atoms with Gasteiger partial charge < -0.3 is 5.32 Å². The molecule has 1 nitrogen and oxygen atoms in total. The Kier molecular flexibility index (Phi) is 5.78. The highest BCUT2D eigenvalue weighted by atomic mass is 79.9. The predicted molar refractivity (Wildman–Crippen MR) is 86.4 cm³/mol. The summed E-state index contributed by atoms with van der Waals surface area (Å²) < 4.78 is 28.6. The Morgan fingerprint density at radius 3 is 2.52 bits per heavy atom. The lowest BCUT2D eigenvalue weighted by molar-refractivity contribution is 0.266. The molecule has 0 aromatic heterocycles. The van der Waals surface area contributed by atoms with Crippen molar-refractivity contribution in [3.63, 3.8) is 0 Å². The molecule has 0 aliphatic heterocycles. The topological polar surface area (TPSA) is 12.0 Å². The summed E-state index contributed by atoms with van der Waals surface area (Å²) in [6, 6.07) is 2.79. The second kappa shape index (κ2) is 7.19. The lowest BCUT2D eigenvalue weighted by atomic mass is 9.79. The Hall–Kier alpha value is -0.480. The first-order chi connectivity index (χ1) is 9.93. The molecule has 118 valence electrons. The molecule has 1 saturated carbocycles. The van der Waals surface area contributed by atoms with E-state index in [9.17, 15) is 8.78 Å². The maximum atomic E-state index is 14.2. The molecule has 1 fully saturated rings. The number of hydrogen-bond acceptors (Lipinski definition) is 1. The van der Waals surface area contributed by atoms with E-state index in [1.807, 2.05) is 0 Å². The van der Waals surface area contributed by atoms with Gasteiger partial charge >= 0.3 is 0 Å². The molecule has 0 atom stereocenters. The van der Waals surface area contributed by atoms with Crippen LogP contribution in [0, 0.1) is 23.0 Å². The van der Waals surface area contributed by atoms with Crippen molar-refractivity contribution in [3.8, 4) is 0 Å². The smallest absolute Gasteiger partial charge is 0.143 e. The van der Waals surface area contributed by atoms with Crippen LogP contribution in [-0.4, -0.2) is 13.1 Å². The number of benzene rings is 1. The molecule has 0 unspecified atom stereocenters. The Morgan fingerprint density at radius 2 is 1.90 bits per heavy atom. The van der Waals surface area contributed by atoms with Crippen molar-refractivity contribution >= 4 is 15.9 Å². The van der Waals surface area contributed by atoms with Crippen molar-refractivity contribution in [2.45, 2.75) is 46.0 Å². The predicted octanol–water partition coefficient (Wildman–Crippen LogP) is 5.08. The van der Waals surface area contributed by atoms with Crippen LogP contribution in [0.2, 0.25) is 0 Å². The summed E-state index contributed by atoms with van der Waals surface area (Å²) in [6.07, 6.45) is 4.88. The van der Waals surface area contributed by atoms with Crippen LogP contribution in [0.25, 0.3) is 0 Å². The van der Waals surface area contributed by atoms with Crippen LogP contribution in [0.3, 0.4) is 0 Å². The lowest BCUT2D eigenvalue weighted by Gasteiger charge is -2.30. The Balaban J connectivity index is 2.15. The molecule has 0 amide bonds. The summed E-state index contributed by atoms with van der Waals surface area (Å²) in [6.45, 7) is 6.13. The molecule has 2 rings (SSSR count). The fourth-order valence-electron chi connectivity index (χ4n) is 3.27. The van der Waals surface area contributed by atoms with E-state index in [1.165, 1.54) is 12.1 Å². The first-order valence-corrected chi connectivity index (χ1v) is 8.56. The fraction of sp³-hybridized carbons (Fsp3) is 0.647. The normalized spacial score (nSPS) is 17.6. The minimum Gasteiger partial charge on any atom is -0.316 e. The summed E-state index contributed by atoms with van der Waals surface area (Å²) in [7, 11) is 0. The highest BCUT2D eigenvalue weighted by molar-refractivity contribution is 9.10. The first-order valence-electron chi connectivity index (χ1n) is 7.77. The Morgan fingerprint density at radius 1 is 1.24 bits per heavy atom. The molecule has 1 aliphatic carbocycles. The van der Waals surface area contributed by atoms with Gasteiger partial charge in [0.15, 0.2) is 0 Å². The van der Waals surface area contributed by atoms with Gasteiger partial charge in [-0.2, -0.15) is 0 Å². The molecule has 1 N–H and O–H groups in total. The van der Waals surface area contributed by atoms with Crippen molar-refractivity contribution < 1.29 is 8.78 Å². The van der Waals surface area contributed by atoms with Gasteiger partial charge in [-0.1, -0.05) is 26.7 Å². The van der Waals surface area contributed by atoms with Gasteiger partial charge in [-0.3, -0.25) is 0 Å². The second-order valence-electron chi connectivity index (χ2n) is 6.73. The van der Waals surface area contributed by atoms with Crippen molar-refractivity contribution in [2.75, 3.05) is 13.1 Å². The van der Waals surface area contributed by atoms with Crippen LogP contribution in [0.15, 0.2) is 16.6 Å². The molecule has 0 saturated heterocycles. The third-order valence-corrected chi connectivity index (χ3v) is 5.02. The van der Waals surface area contributed by atoms with Gasteiger partial charge in [0.25, 0.3) is 0 Å². The third-order valence-electron chi connectivity index (χ3n) is 4.41. The zero-order valence-electron chi connectivity index (χ0n) is 12.8. The zero-order chi connectivity index (χ0) is 15.5. The maximum Gasteiger partial charge on any atom is 0.143 e. The fourth-order valence-corrected chi connectivity index (χ4v) is 3.64. The molecule has 0 radical (unpaired) electrons. The highest BCUT2D eigenvalue weighted by Gasteiger charge is 2.35. The molecular formula is C17H24BrF2N. The average Bonchev–Trinajstić information content (AvgIpc) is 2.88. The minimum atomic E-state index is -0.440. The molecule has 4 heteroatoms. The van der Waals surface area contributed by atoms with E-state index in [4.69, 9.17) is 0 Å². The van der Waals surface area contributed by atoms with Crippen LogP contribution in [0.5, 0.6) is 0 Å². The summed E-state index contributed by atoms with van der Waals surface area (Å²) >= 11 is 3.16. The molecule has 1 aromatic carbocycles. The largest absolute Gasteiger partial charge is 0.316 e. The summed E-state index contributed by atoms with van der Waals surface area (Å²) in [5.41, 5.74) is 0.231. The number of rotatable bonds is 6. The minimum absolute atomic E-state index is 0.00262. The van der Waals surface area contributed by atoms with Gasteiger partial charge in [0.2, 0.25) is 0 Å². The van der Waals surface area contributed by atoms with Crippen LogP contribution < -0.4 is 5.32 Å². The van der Waals surface area contributed by atoms with Crippen LogP contribution in [0.1, 0.15) is 45.1 Å². The van der Waals surface area contributed by atoms with Gasteiger partial charge in [0.1, 0.15) is 11.6 Å². The molecule has 0 spiro atoms. The average molecular weight is 360 g/mol. The molecule has 21 heavy (non-hydrogen) atoms. The Labute approximate surface area is 134 Å². The van der Waals surface area contributed by atoms with E-state index in [1.54, 1.807) is 0 Å². The molecular weight excluding hydrogens is 336 g/mol. The third kappa shape index (κ3) is 4.26. The van der Waals surface area contributed by atoms with Gasteiger partial charge in [-0.25, -0.2) is 8.78 Å². The SMILES string of the molecule is CC(C)CNCC1(Cc2c(F)ccc(Br)c2F)CCCC1. The van der Waals surface area contributed by atoms with E-state index in [0.29, 0.717) is 16.8 Å². The van der Waals surface area contributed by atoms with Crippen molar-refractivity contribution in [1.82, 2.24) is 5.32 Å². The Bertz CT molecular complexity index is 482. The molecule has 1 aromatic rings. The van der Waals surface area contributed by atoms with E-state index in [2.05, 4.69) is 35.1 Å². The maximum absolute atomic E-state index is 14.2. The number of nitrogens with one attached hydrogen (secondary N) is 1. The van der Waals surface area contributed by atoms with Crippen LogP contribution in [0.4, 0.5) is 8.78 Å². The quantitative estimate of drug-likeness (QED) is 0.698. The first kappa shape index (κ1) is 16.9. The monoisotopic (exact) mass is 359 g/mol. The molecule has 0 bridgehead atoms. The summed E-state index contributed by atoms with van der Waals surface area (Å²) in [5, 5.41) is 3.48. The van der Waals surface area contributed by atoms with Gasteiger partial charge in [0, 0.05) is 12.1 Å². The van der Waals surface area contributed by atoms with Gasteiger partial charge in [-0.05, 0) is 65.2 Å². The lowest BCUT2D eigenvalue weighted by Crippen LogP contribution is -2.36. The highest BCUT2D eigenvalue weighted by Crippen LogP contribution is 2.42. The van der Waals surface area contributed by atoms with Gasteiger partial charge in [-0.15, -0.1) is 0 Å². The molecule has 1 aliphatic rings. The van der Waals surface area contributed by atoms with Crippen LogP contribution in [-0.2, 0) is 6.42 Å². The van der Waals surface area contributed by atoms with E-state index in [-0.39, 0.29) is 11.0 Å². The standard InChI is InChI=1S/C17H24BrF2N/c1-12(2)10-21-11-17(7-3-4-8-17)9-13-15(19)6-5-14(18)16(13)20/h5-6,12,21H,3-4,7-11H2,1-2H3. The van der Waals surface area contributed by atoms with E-state index < -0.39 is 11.6 Å². The zero-order valence-corrected chi connectivity index (χ0v) is 14.4. The van der Waals surface area contributed by atoms with Crippen molar-refractivity contribution in [1.29, 1.82) is 0 Å².